The molecule has 100 valence electrons. The van der Waals surface area contributed by atoms with Gasteiger partial charge in [0.1, 0.15) is 5.75 Å². The Morgan fingerprint density at radius 2 is 2.11 bits per heavy atom. The van der Waals surface area contributed by atoms with Crippen molar-refractivity contribution in [1.82, 2.24) is 4.98 Å². The topological polar surface area (TPSA) is 65.7 Å². The van der Waals surface area contributed by atoms with E-state index in [-0.39, 0.29) is 12.4 Å². The molecule has 1 aromatic rings. The van der Waals surface area contributed by atoms with E-state index < -0.39 is 0 Å². The molecule has 1 heterocycles. The fraction of sp³-hybridized carbons (Fsp3) is 0.571. The lowest BCUT2D eigenvalue weighted by Crippen LogP contribution is -1.98. The summed E-state index contributed by atoms with van der Waals surface area (Å²) in [5.41, 5.74) is 1.75. The molecule has 1 rings (SSSR count). The van der Waals surface area contributed by atoms with Crippen molar-refractivity contribution in [2.24, 2.45) is 4.99 Å². The van der Waals surface area contributed by atoms with E-state index in [2.05, 4.69) is 16.9 Å². The van der Waals surface area contributed by atoms with Crippen LogP contribution in [0.25, 0.3) is 0 Å². The SMILES string of the molecule is CCCCCCN=Cc1c(CO)cnc(C)c1O. The van der Waals surface area contributed by atoms with E-state index in [4.69, 9.17) is 0 Å². The minimum Gasteiger partial charge on any atom is -0.505 e. The van der Waals surface area contributed by atoms with Gasteiger partial charge < -0.3 is 10.2 Å². The number of aromatic hydroxyl groups is 1. The molecule has 0 unspecified atom stereocenters. The molecule has 0 aliphatic rings. The summed E-state index contributed by atoms with van der Waals surface area (Å²) in [4.78, 5) is 8.31. The zero-order valence-corrected chi connectivity index (χ0v) is 11.2. The van der Waals surface area contributed by atoms with Crippen molar-refractivity contribution in [3.05, 3.63) is 23.0 Å². The molecule has 0 radical (unpaired) electrons. The fourth-order valence-electron chi connectivity index (χ4n) is 1.71. The quantitative estimate of drug-likeness (QED) is 0.577. The number of aliphatic hydroxyl groups excluding tert-OH is 1. The molecular weight excluding hydrogens is 228 g/mol. The van der Waals surface area contributed by atoms with E-state index in [1.807, 2.05) is 0 Å². The van der Waals surface area contributed by atoms with E-state index in [1.165, 1.54) is 19.3 Å². The summed E-state index contributed by atoms with van der Waals surface area (Å²) in [6, 6.07) is 0. The van der Waals surface area contributed by atoms with Crippen LogP contribution in [0.2, 0.25) is 0 Å². The van der Waals surface area contributed by atoms with Crippen molar-refractivity contribution in [2.45, 2.75) is 46.1 Å². The lowest BCUT2D eigenvalue weighted by atomic mass is 10.1. The molecule has 0 bridgehead atoms. The van der Waals surface area contributed by atoms with Crippen LogP contribution in [0.5, 0.6) is 5.75 Å². The maximum atomic E-state index is 9.89. The second-order valence-corrected chi connectivity index (χ2v) is 4.39. The van der Waals surface area contributed by atoms with E-state index in [0.29, 0.717) is 16.8 Å². The van der Waals surface area contributed by atoms with Crippen LogP contribution in [0.1, 0.15) is 49.4 Å². The number of aryl methyl sites for hydroxylation is 1. The molecular formula is C14H22N2O2. The van der Waals surface area contributed by atoms with Gasteiger partial charge in [0.25, 0.3) is 0 Å². The Balaban J connectivity index is 2.65. The number of unbranched alkanes of at least 4 members (excludes halogenated alkanes) is 3. The van der Waals surface area contributed by atoms with Crippen molar-refractivity contribution in [1.29, 1.82) is 0 Å². The highest BCUT2D eigenvalue weighted by Gasteiger charge is 2.08. The van der Waals surface area contributed by atoms with Crippen LogP contribution in [0.3, 0.4) is 0 Å². The molecule has 4 nitrogen and oxygen atoms in total. The van der Waals surface area contributed by atoms with Crippen molar-refractivity contribution < 1.29 is 10.2 Å². The fourth-order valence-corrected chi connectivity index (χ4v) is 1.71. The second-order valence-electron chi connectivity index (χ2n) is 4.39. The first kappa shape index (κ1) is 14.6. The standard InChI is InChI=1S/C14H22N2O2/c1-3-4-5-6-7-15-9-13-12(10-17)8-16-11(2)14(13)18/h8-9,17-18H,3-7,10H2,1-2H3. The molecule has 0 aromatic carbocycles. The first-order chi connectivity index (χ1) is 8.70. The Kier molecular flexibility index (Phi) is 6.36. The third-order valence-corrected chi connectivity index (χ3v) is 2.89. The Morgan fingerprint density at radius 3 is 2.78 bits per heavy atom. The van der Waals surface area contributed by atoms with E-state index in [0.717, 1.165) is 13.0 Å². The largest absolute Gasteiger partial charge is 0.505 e. The van der Waals surface area contributed by atoms with Crippen molar-refractivity contribution >= 4 is 6.21 Å². The molecule has 4 heteroatoms. The maximum Gasteiger partial charge on any atom is 0.145 e. The van der Waals surface area contributed by atoms with Crippen LogP contribution in [-0.4, -0.2) is 28.0 Å². The molecule has 2 N–H and O–H groups in total. The van der Waals surface area contributed by atoms with Gasteiger partial charge in [-0.2, -0.15) is 0 Å². The predicted molar refractivity (Wildman–Crippen MR) is 73.2 cm³/mol. The number of hydrogen-bond donors (Lipinski definition) is 2. The van der Waals surface area contributed by atoms with Gasteiger partial charge in [-0.05, 0) is 13.3 Å². The molecule has 0 aliphatic heterocycles. The van der Waals surface area contributed by atoms with Crippen molar-refractivity contribution in [2.75, 3.05) is 6.54 Å². The van der Waals surface area contributed by atoms with Gasteiger partial charge in [0.2, 0.25) is 0 Å². The van der Waals surface area contributed by atoms with Gasteiger partial charge >= 0.3 is 0 Å². The minimum absolute atomic E-state index is 0.110. The third-order valence-electron chi connectivity index (χ3n) is 2.89. The highest BCUT2D eigenvalue weighted by Crippen LogP contribution is 2.21. The highest BCUT2D eigenvalue weighted by atomic mass is 16.3. The summed E-state index contributed by atoms with van der Waals surface area (Å²) >= 11 is 0. The first-order valence-electron chi connectivity index (χ1n) is 6.48. The number of rotatable bonds is 7. The number of aliphatic hydroxyl groups is 1. The van der Waals surface area contributed by atoms with E-state index in [1.54, 1.807) is 19.3 Å². The summed E-state index contributed by atoms with van der Waals surface area (Å²) in [6.45, 7) is 4.52. The Bertz CT molecular complexity index is 403. The normalized spacial score (nSPS) is 11.3. The number of pyridine rings is 1. The average Bonchev–Trinajstić information content (AvgIpc) is 2.38. The highest BCUT2D eigenvalue weighted by molar-refractivity contribution is 5.85. The predicted octanol–water partition coefficient (Wildman–Crippen LogP) is 2.59. The van der Waals surface area contributed by atoms with Gasteiger partial charge in [0.05, 0.1) is 12.3 Å². The van der Waals surface area contributed by atoms with Gasteiger partial charge in [0.15, 0.2) is 0 Å². The summed E-state index contributed by atoms with van der Waals surface area (Å²) in [7, 11) is 0. The van der Waals surface area contributed by atoms with Crippen LogP contribution in [0, 0.1) is 6.92 Å². The molecule has 0 spiro atoms. The third kappa shape index (κ3) is 4.11. The van der Waals surface area contributed by atoms with Crippen LogP contribution < -0.4 is 0 Å². The smallest absolute Gasteiger partial charge is 0.145 e. The lowest BCUT2D eigenvalue weighted by molar-refractivity contribution is 0.280. The van der Waals surface area contributed by atoms with Crippen molar-refractivity contribution in [3.63, 3.8) is 0 Å². The van der Waals surface area contributed by atoms with Crippen LogP contribution in [-0.2, 0) is 6.61 Å². The summed E-state index contributed by atoms with van der Waals surface area (Å²) in [5.74, 6) is 0.110. The second kappa shape index (κ2) is 7.82. The molecule has 0 saturated heterocycles. The number of aliphatic imine (C=N–C) groups is 1. The van der Waals surface area contributed by atoms with Crippen LogP contribution >= 0.6 is 0 Å². The average molecular weight is 250 g/mol. The van der Waals surface area contributed by atoms with E-state index in [9.17, 15) is 10.2 Å². The Morgan fingerprint density at radius 1 is 1.33 bits per heavy atom. The molecule has 0 atom stereocenters. The molecule has 0 fully saturated rings. The Labute approximate surface area is 108 Å². The number of aromatic nitrogens is 1. The summed E-state index contributed by atoms with van der Waals surface area (Å²) < 4.78 is 0. The molecule has 0 saturated carbocycles. The Hall–Kier alpha value is -1.42. The number of nitrogens with zero attached hydrogens (tertiary/aromatic N) is 2. The van der Waals surface area contributed by atoms with Crippen molar-refractivity contribution in [3.8, 4) is 5.75 Å². The molecule has 0 amide bonds. The molecule has 1 aromatic heterocycles. The minimum atomic E-state index is -0.141. The van der Waals surface area contributed by atoms with Gasteiger partial charge in [0, 0.05) is 30.1 Å². The van der Waals surface area contributed by atoms with Crippen LogP contribution in [0.4, 0.5) is 0 Å². The monoisotopic (exact) mass is 250 g/mol. The lowest BCUT2D eigenvalue weighted by Gasteiger charge is -2.06. The summed E-state index contributed by atoms with van der Waals surface area (Å²) in [5, 5.41) is 19.1. The maximum absolute atomic E-state index is 9.89. The number of hydrogen-bond acceptors (Lipinski definition) is 4. The van der Waals surface area contributed by atoms with Crippen LogP contribution in [0.15, 0.2) is 11.2 Å². The van der Waals surface area contributed by atoms with Gasteiger partial charge in [-0.15, -0.1) is 0 Å². The molecule has 18 heavy (non-hydrogen) atoms. The van der Waals surface area contributed by atoms with Gasteiger partial charge in [-0.1, -0.05) is 26.2 Å². The first-order valence-corrected chi connectivity index (χ1v) is 6.48. The van der Waals surface area contributed by atoms with E-state index >= 15 is 0 Å². The zero-order valence-electron chi connectivity index (χ0n) is 11.2. The molecule has 0 aliphatic carbocycles. The van der Waals surface area contributed by atoms with Gasteiger partial charge in [-0.3, -0.25) is 9.98 Å². The van der Waals surface area contributed by atoms with Gasteiger partial charge in [-0.25, -0.2) is 0 Å². The zero-order chi connectivity index (χ0) is 13.4. The summed E-state index contributed by atoms with van der Waals surface area (Å²) in [6.07, 6.45) is 7.90.